The van der Waals surface area contributed by atoms with E-state index in [-0.39, 0.29) is 43.5 Å². The Morgan fingerprint density at radius 3 is 2.45 bits per heavy atom. The highest BCUT2D eigenvalue weighted by atomic mass is 28.4. The van der Waals surface area contributed by atoms with Crippen LogP contribution in [0.3, 0.4) is 0 Å². The number of methoxy groups -OCH3 is 1. The van der Waals surface area contributed by atoms with Crippen LogP contribution in [0.4, 0.5) is 5.69 Å². The van der Waals surface area contributed by atoms with E-state index in [0.717, 1.165) is 16.5 Å². The van der Waals surface area contributed by atoms with Crippen LogP contribution in [-0.4, -0.2) is 71.1 Å². The van der Waals surface area contributed by atoms with Crippen LogP contribution >= 0.6 is 0 Å². The van der Waals surface area contributed by atoms with E-state index in [4.69, 9.17) is 9.47 Å². The van der Waals surface area contributed by atoms with Crippen LogP contribution < -0.4 is 15.2 Å². The van der Waals surface area contributed by atoms with Crippen LogP contribution in [0.15, 0.2) is 108 Å². The number of amides is 2. The van der Waals surface area contributed by atoms with Gasteiger partial charge in [-0.2, -0.15) is 9.78 Å². The third-order valence-electron chi connectivity index (χ3n) is 10.7. The number of carbonyl (C=O) groups is 2. The highest BCUT2D eigenvalue weighted by Gasteiger charge is 2.66. The zero-order valence-electron chi connectivity index (χ0n) is 30.3. The molecule has 3 heterocycles. The third kappa shape index (κ3) is 6.56. The molecule has 1 saturated heterocycles. The molecule has 53 heavy (non-hydrogen) atoms. The summed E-state index contributed by atoms with van der Waals surface area (Å²) in [5.74, 6) is -0.481. The first-order valence-electron chi connectivity index (χ1n) is 17.9. The van der Waals surface area contributed by atoms with Crippen molar-refractivity contribution in [3.8, 4) is 11.4 Å². The first kappa shape index (κ1) is 36.2. The molecule has 1 spiro atoms. The van der Waals surface area contributed by atoms with E-state index in [0.29, 0.717) is 34.6 Å². The second kappa shape index (κ2) is 14.4. The number of aliphatic hydroxyl groups is 1. The molecule has 0 aliphatic carbocycles. The molecule has 2 aliphatic heterocycles. The van der Waals surface area contributed by atoms with Gasteiger partial charge in [0.25, 0.3) is 11.5 Å². The Bertz CT molecular complexity index is 2220. The van der Waals surface area contributed by atoms with Gasteiger partial charge in [-0.3, -0.25) is 14.4 Å². The van der Waals surface area contributed by atoms with E-state index in [1.54, 1.807) is 41.3 Å². The van der Waals surface area contributed by atoms with Gasteiger partial charge in [-0.05, 0) is 60.6 Å². The fourth-order valence-corrected chi connectivity index (χ4v) is 10.9. The topological polar surface area (TPSA) is 134 Å². The number of hydrogen-bond acceptors (Lipinski definition) is 8. The molecule has 0 radical (unpaired) electrons. The first-order valence-corrected chi connectivity index (χ1v) is 20.9. The Morgan fingerprint density at radius 1 is 0.981 bits per heavy atom. The number of ether oxygens (including phenoxy) is 2. The lowest BCUT2D eigenvalue weighted by Crippen LogP contribution is -2.46. The fourth-order valence-electron chi connectivity index (χ4n) is 8.30. The van der Waals surface area contributed by atoms with Gasteiger partial charge in [0.05, 0.1) is 55.7 Å². The zero-order valence-corrected chi connectivity index (χ0v) is 31.3. The van der Waals surface area contributed by atoms with Crippen LogP contribution in [0.2, 0.25) is 18.6 Å². The van der Waals surface area contributed by atoms with Crippen molar-refractivity contribution in [2.45, 2.75) is 56.8 Å². The predicted octanol–water partition coefficient (Wildman–Crippen LogP) is 5.15. The molecule has 5 aromatic rings. The highest BCUT2D eigenvalue weighted by Crippen LogP contribution is 2.60. The average molecular weight is 733 g/mol. The highest BCUT2D eigenvalue weighted by molar-refractivity contribution is 6.71. The molecule has 7 rings (SSSR count). The second-order valence-corrected chi connectivity index (χ2v) is 18.5. The summed E-state index contributed by atoms with van der Waals surface area (Å²) in [5, 5.41) is 15.6. The van der Waals surface area contributed by atoms with Gasteiger partial charge in [-0.1, -0.05) is 67.6 Å². The molecular weight excluding hydrogens is 689 g/mol. The molecule has 0 unspecified atom stereocenters. The number of aromatic nitrogens is 2. The van der Waals surface area contributed by atoms with Crippen molar-refractivity contribution in [1.82, 2.24) is 14.7 Å². The predicted molar refractivity (Wildman–Crippen MR) is 204 cm³/mol. The Kier molecular flexibility index (Phi) is 9.81. The molecule has 1 aromatic heterocycles. The Labute approximate surface area is 309 Å². The minimum Gasteiger partial charge on any atom is -0.497 e. The quantitative estimate of drug-likeness (QED) is 0.178. The van der Waals surface area contributed by atoms with Gasteiger partial charge in [0.15, 0.2) is 13.9 Å². The van der Waals surface area contributed by atoms with E-state index >= 15 is 4.79 Å². The summed E-state index contributed by atoms with van der Waals surface area (Å²) >= 11 is 0. The maximum Gasteiger partial charge on any atom is 0.279 e. The number of carbonyl (C=O) groups excluding carboxylic acids is 2. The Hall–Kier alpha value is -5.14. The third-order valence-corrected chi connectivity index (χ3v) is 13.2. The molecule has 0 bridgehead atoms. The van der Waals surface area contributed by atoms with Gasteiger partial charge in [0.2, 0.25) is 5.91 Å². The van der Waals surface area contributed by atoms with Crippen molar-refractivity contribution >= 4 is 36.6 Å². The number of benzene rings is 4. The molecule has 4 atom stereocenters. The molecular formula is C41H44N4O7Si. The lowest BCUT2D eigenvalue weighted by Gasteiger charge is -2.32. The van der Waals surface area contributed by atoms with Crippen molar-refractivity contribution in [3.63, 3.8) is 0 Å². The van der Waals surface area contributed by atoms with Gasteiger partial charge in [0.1, 0.15) is 5.75 Å². The van der Waals surface area contributed by atoms with E-state index in [1.165, 1.54) is 4.68 Å². The number of rotatable bonds is 11. The Balaban J connectivity index is 1.24. The monoisotopic (exact) mass is 732 g/mol. The summed E-state index contributed by atoms with van der Waals surface area (Å²) in [6.07, 6.45) is 0.828. The van der Waals surface area contributed by atoms with Gasteiger partial charge < -0.3 is 29.2 Å². The smallest absolute Gasteiger partial charge is 0.279 e. The molecule has 274 valence electrons. The van der Waals surface area contributed by atoms with E-state index in [2.05, 4.69) is 5.10 Å². The first-order chi connectivity index (χ1) is 25.5. The van der Waals surface area contributed by atoms with Crippen LogP contribution in [0.1, 0.15) is 30.0 Å². The Morgan fingerprint density at radius 2 is 1.72 bits per heavy atom. The SMILES string of the molecule is COc1ccc2c(c1)[C@@]1(O[C@H](CC(=O)N(CCO)Cc3ccccc3)[C@@H]([Si](C)(C)O)[C@@H]1C)C(=O)N2Cc1cccc(-n2ncc3ccccc3c2=O)c1. The average Bonchev–Trinajstić information content (AvgIpc) is 3.57. The molecule has 4 aromatic carbocycles. The van der Waals surface area contributed by atoms with Crippen molar-refractivity contribution in [3.05, 3.63) is 130 Å². The molecule has 0 saturated carbocycles. The largest absolute Gasteiger partial charge is 0.497 e. The minimum absolute atomic E-state index is 0.0667. The molecule has 12 heteroatoms. The minimum atomic E-state index is -3.06. The van der Waals surface area contributed by atoms with Crippen molar-refractivity contribution in [1.29, 1.82) is 0 Å². The van der Waals surface area contributed by atoms with Crippen LogP contribution in [0.25, 0.3) is 16.5 Å². The van der Waals surface area contributed by atoms with Gasteiger partial charge in [-0.15, -0.1) is 0 Å². The number of hydrogen-bond donors (Lipinski definition) is 2. The van der Waals surface area contributed by atoms with Gasteiger partial charge in [-0.25, -0.2) is 0 Å². The van der Waals surface area contributed by atoms with E-state index in [1.807, 2.05) is 98.9 Å². The van der Waals surface area contributed by atoms with Crippen molar-refractivity contribution < 1.29 is 29.0 Å². The summed E-state index contributed by atoms with van der Waals surface area (Å²) in [5.41, 5.74) is 1.30. The summed E-state index contributed by atoms with van der Waals surface area (Å²) in [7, 11) is -1.50. The van der Waals surface area contributed by atoms with Gasteiger partial charge in [0, 0.05) is 35.5 Å². The maximum atomic E-state index is 15.0. The van der Waals surface area contributed by atoms with E-state index in [9.17, 15) is 19.5 Å². The normalized spacial score (nSPS) is 21.0. The summed E-state index contributed by atoms with van der Waals surface area (Å²) in [4.78, 5) is 57.5. The molecule has 2 N–H and O–H groups in total. The van der Waals surface area contributed by atoms with E-state index < -0.39 is 31.5 Å². The molecule has 11 nitrogen and oxygen atoms in total. The van der Waals surface area contributed by atoms with Gasteiger partial charge >= 0.3 is 0 Å². The fraction of sp³-hybridized carbons (Fsp3) is 0.317. The molecule has 1 fully saturated rings. The maximum absolute atomic E-state index is 15.0. The molecule has 2 aliphatic rings. The number of nitrogens with zero attached hydrogens (tertiary/aromatic N) is 4. The summed E-state index contributed by atoms with van der Waals surface area (Å²) in [6.45, 7) is 5.98. The lowest BCUT2D eigenvalue weighted by atomic mass is 9.82. The number of fused-ring (bicyclic) bond motifs is 3. The number of aliphatic hydroxyl groups excluding tert-OH is 1. The lowest BCUT2D eigenvalue weighted by molar-refractivity contribution is -0.150. The van der Waals surface area contributed by atoms with Crippen molar-refractivity contribution in [2.24, 2.45) is 5.92 Å². The van der Waals surface area contributed by atoms with Crippen molar-refractivity contribution in [2.75, 3.05) is 25.2 Å². The summed E-state index contributed by atoms with van der Waals surface area (Å²) < 4.78 is 13.9. The van der Waals surface area contributed by atoms with Crippen LogP contribution in [0.5, 0.6) is 5.75 Å². The van der Waals surface area contributed by atoms with Crippen LogP contribution in [0, 0.1) is 5.92 Å². The summed E-state index contributed by atoms with van der Waals surface area (Å²) in [6, 6.07) is 29.7. The standard InChI is InChI=1S/C41H44N4O7Si/c1-27-38(53(3,4)50)36(23-37(47)43(19-20-46)25-28-11-6-5-7-12-28)52-41(27)34-22-32(51-2)17-18-35(34)44(40(41)49)26-29-13-10-15-31(21-29)45-39(48)33-16-9-8-14-30(33)24-42-45/h5-18,21-22,24,27,36,38,46,50H,19-20,23,25-26H2,1-4H3/t27-,36+,38-,41+/m0/s1. The van der Waals surface area contributed by atoms with Crippen LogP contribution in [-0.2, 0) is 33.0 Å². The zero-order chi connectivity index (χ0) is 37.5. The second-order valence-electron chi connectivity index (χ2n) is 14.5. The number of anilines is 1. The molecule has 2 amide bonds.